The molecular formula is C19H21ClN4O7S2. The zero-order chi connectivity index (χ0) is 24.0. The van der Waals surface area contributed by atoms with Gasteiger partial charge in [0, 0.05) is 19.4 Å². The van der Waals surface area contributed by atoms with Crippen molar-refractivity contribution in [1.82, 2.24) is 10.0 Å². The number of nitrogens with two attached hydrogens (primary N) is 1. The van der Waals surface area contributed by atoms with Gasteiger partial charge in [0.1, 0.15) is 27.7 Å². The summed E-state index contributed by atoms with van der Waals surface area (Å²) in [5, 5.41) is 19.8. The minimum atomic E-state index is -4.20. The highest BCUT2D eigenvalue weighted by Crippen LogP contribution is 2.34. The molecule has 2 aromatic carbocycles. The van der Waals surface area contributed by atoms with Crippen LogP contribution in [0.1, 0.15) is 12.0 Å². The number of fused-ring (bicyclic) bond motifs is 1. The summed E-state index contributed by atoms with van der Waals surface area (Å²) in [5.74, 6) is -0.343. The fourth-order valence-electron chi connectivity index (χ4n) is 3.76. The number of hydrogen-bond donors (Lipinski definition) is 5. The van der Waals surface area contributed by atoms with Gasteiger partial charge in [0.25, 0.3) is 0 Å². The number of aliphatic carboxylic acids is 1. The largest absolute Gasteiger partial charge is 0.489 e. The molecule has 2 aliphatic rings. The van der Waals surface area contributed by atoms with Gasteiger partial charge in [-0.25, -0.2) is 22.0 Å². The van der Waals surface area contributed by atoms with E-state index in [0.29, 0.717) is 18.7 Å². The van der Waals surface area contributed by atoms with E-state index < -0.39 is 43.1 Å². The van der Waals surface area contributed by atoms with Crippen LogP contribution in [0, 0.1) is 0 Å². The van der Waals surface area contributed by atoms with E-state index in [2.05, 4.69) is 15.4 Å². The first-order chi connectivity index (χ1) is 15.4. The Balaban J connectivity index is 1.45. The summed E-state index contributed by atoms with van der Waals surface area (Å²) in [4.78, 5) is 10.3. The molecule has 14 heteroatoms. The van der Waals surface area contributed by atoms with Gasteiger partial charge < -0.3 is 20.5 Å². The summed E-state index contributed by atoms with van der Waals surface area (Å²) in [6.45, 7) is 0.432. The topological polar surface area (TPSA) is 177 Å². The van der Waals surface area contributed by atoms with Gasteiger partial charge in [-0.3, -0.25) is 4.79 Å². The van der Waals surface area contributed by atoms with E-state index in [-0.39, 0.29) is 28.1 Å². The van der Waals surface area contributed by atoms with E-state index in [1.165, 1.54) is 6.07 Å². The van der Waals surface area contributed by atoms with Crippen molar-refractivity contribution >= 4 is 43.3 Å². The quantitative estimate of drug-likeness (QED) is 0.364. The molecule has 2 aromatic rings. The van der Waals surface area contributed by atoms with Gasteiger partial charge in [-0.05, 0) is 29.8 Å². The number of carbonyl (C=O) groups is 1. The number of hydrogen-bond acceptors (Lipinski definition) is 8. The Morgan fingerprint density at radius 1 is 1.24 bits per heavy atom. The van der Waals surface area contributed by atoms with Crippen LogP contribution in [0.25, 0.3) is 0 Å². The molecule has 0 spiro atoms. The van der Waals surface area contributed by atoms with Crippen molar-refractivity contribution in [2.24, 2.45) is 5.14 Å². The maximum absolute atomic E-state index is 12.7. The second kappa shape index (κ2) is 8.74. The number of anilines is 1. The number of carboxylic acids is 1. The minimum absolute atomic E-state index is 0.165. The standard InChI is InChI=1S/C19H21ClN4O7S2/c20-13-7-14-17(8-16(13)32(21,27)28)33(29,30)24-18(23-14)5-10-1-3-11(4-2-10)31-12-6-15(19(25)26)22-9-12/h1-4,7-8,12,15,18,22-24H,5-6,9H2,(H,25,26)(H2,21,27,28)/t12-,15-,18?/m0/s1. The van der Waals surface area contributed by atoms with Crippen LogP contribution in [0.3, 0.4) is 0 Å². The molecule has 0 saturated carbocycles. The molecule has 11 nitrogen and oxygen atoms in total. The first-order valence-corrected chi connectivity index (χ1v) is 13.2. The lowest BCUT2D eigenvalue weighted by Crippen LogP contribution is -2.46. The Labute approximate surface area is 195 Å². The van der Waals surface area contributed by atoms with Crippen LogP contribution < -0.4 is 25.2 Å². The maximum Gasteiger partial charge on any atom is 0.320 e. The first kappa shape index (κ1) is 23.7. The molecule has 3 atom stereocenters. The van der Waals surface area contributed by atoms with Crippen LogP contribution in [-0.2, 0) is 31.3 Å². The molecule has 33 heavy (non-hydrogen) atoms. The van der Waals surface area contributed by atoms with Crippen LogP contribution in [0.2, 0.25) is 5.02 Å². The normalized spacial score (nSPS) is 24.0. The predicted octanol–water partition coefficient (Wildman–Crippen LogP) is 0.454. The van der Waals surface area contributed by atoms with Crippen molar-refractivity contribution in [2.45, 2.75) is 40.9 Å². The zero-order valence-corrected chi connectivity index (χ0v) is 19.4. The van der Waals surface area contributed by atoms with E-state index in [1.807, 2.05) is 0 Å². The molecule has 2 aliphatic heterocycles. The molecule has 0 bridgehead atoms. The lowest BCUT2D eigenvalue weighted by atomic mass is 10.1. The zero-order valence-electron chi connectivity index (χ0n) is 17.0. The minimum Gasteiger partial charge on any atom is -0.489 e. The Kier molecular flexibility index (Phi) is 6.28. The molecule has 178 valence electrons. The van der Waals surface area contributed by atoms with E-state index in [0.717, 1.165) is 11.6 Å². The van der Waals surface area contributed by atoms with Gasteiger partial charge >= 0.3 is 5.97 Å². The van der Waals surface area contributed by atoms with Crippen molar-refractivity contribution in [3.8, 4) is 5.75 Å². The molecule has 1 saturated heterocycles. The second-order valence-electron chi connectivity index (χ2n) is 7.76. The fraction of sp³-hybridized carbons (Fsp3) is 0.316. The predicted molar refractivity (Wildman–Crippen MR) is 119 cm³/mol. The Morgan fingerprint density at radius 3 is 2.55 bits per heavy atom. The van der Waals surface area contributed by atoms with Gasteiger partial charge in [0.2, 0.25) is 20.0 Å². The number of rotatable bonds is 6. The molecule has 0 radical (unpaired) electrons. The van der Waals surface area contributed by atoms with Crippen molar-refractivity contribution < 1.29 is 31.5 Å². The Hall–Kier alpha value is -2.42. The van der Waals surface area contributed by atoms with Crippen LogP contribution in [0.5, 0.6) is 5.75 Å². The van der Waals surface area contributed by atoms with Gasteiger partial charge in [-0.1, -0.05) is 23.7 Å². The highest BCUT2D eigenvalue weighted by molar-refractivity contribution is 7.90. The van der Waals surface area contributed by atoms with Crippen molar-refractivity contribution in [1.29, 1.82) is 0 Å². The average molecular weight is 517 g/mol. The van der Waals surface area contributed by atoms with E-state index in [4.69, 9.17) is 26.6 Å². The smallest absolute Gasteiger partial charge is 0.320 e. The number of primary sulfonamides is 1. The number of benzene rings is 2. The summed E-state index contributed by atoms with van der Waals surface area (Å²) >= 11 is 6.00. The fourth-order valence-corrected chi connectivity index (χ4v) is 6.26. The lowest BCUT2D eigenvalue weighted by molar-refractivity contribution is -0.139. The molecule has 4 rings (SSSR count). The monoisotopic (exact) mass is 516 g/mol. The molecule has 6 N–H and O–H groups in total. The summed E-state index contributed by atoms with van der Waals surface area (Å²) in [5.41, 5.74) is 0.962. The van der Waals surface area contributed by atoms with Crippen LogP contribution in [0.4, 0.5) is 5.69 Å². The van der Waals surface area contributed by atoms with Gasteiger partial charge in [0.05, 0.1) is 16.9 Å². The number of halogens is 1. The average Bonchev–Trinajstić information content (AvgIpc) is 3.16. The molecular weight excluding hydrogens is 496 g/mol. The third kappa shape index (κ3) is 5.23. The van der Waals surface area contributed by atoms with E-state index in [1.54, 1.807) is 24.3 Å². The number of ether oxygens (including phenoxy) is 1. The molecule has 0 aliphatic carbocycles. The lowest BCUT2D eigenvalue weighted by Gasteiger charge is -2.28. The SMILES string of the molecule is NS(=O)(=O)c1cc2c(cc1Cl)NC(Cc1ccc(O[C@@H]3CN[C@H](C(=O)O)C3)cc1)NS2(=O)=O. The first-order valence-electron chi connectivity index (χ1n) is 9.79. The van der Waals surface area contributed by atoms with E-state index in [9.17, 15) is 21.6 Å². The number of nitrogens with one attached hydrogen (secondary N) is 3. The third-order valence-corrected chi connectivity index (χ3v) is 8.20. The summed E-state index contributed by atoms with van der Waals surface area (Å²) in [6.07, 6.45) is -0.326. The summed E-state index contributed by atoms with van der Waals surface area (Å²) in [6, 6.07) is 8.52. The molecule has 2 heterocycles. The Morgan fingerprint density at radius 2 is 1.94 bits per heavy atom. The van der Waals surface area contributed by atoms with Crippen LogP contribution >= 0.6 is 11.6 Å². The van der Waals surface area contributed by atoms with Gasteiger partial charge in [-0.15, -0.1) is 0 Å². The maximum atomic E-state index is 12.7. The van der Waals surface area contributed by atoms with Crippen molar-refractivity contribution in [2.75, 3.05) is 11.9 Å². The summed E-state index contributed by atoms with van der Waals surface area (Å²) in [7, 11) is -8.21. The third-order valence-electron chi connectivity index (χ3n) is 5.31. The van der Waals surface area contributed by atoms with Crippen molar-refractivity contribution in [3.05, 3.63) is 47.0 Å². The molecule has 1 unspecified atom stereocenters. The van der Waals surface area contributed by atoms with Gasteiger partial charge in [0.15, 0.2) is 0 Å². The number of sulfonamides is 2. The summed E-state index contributed by atoms with van der Waals surface area (Å²) < 4.78 is 57.0. The van der Waals surface area contributed by atoms with Crippen LogP contribution in [0.15, 0.2) is 46.2 Å². The van der Waals surface area contributed by atoms with Crippen molar-refractivity contribution in [3.63, 3.8) is 0 Å². The Bertz CT molecular complexity index is 1300. The molecule has 0 amide bonds. The van der Waals surface area contributed by atoms with Crippen LogP contribution in [-0.4, -0.2) is 52.8 Å². The second-order valence-corrected chi connectivity index (χ2v) is 11.4. The van der Waals surface area contributed by atoms with E-state index >= 15 is 0 Å². The number of carboxylic acid groups (broad SMARTS) is 1. The highest BCUT2D eigenvalue weighted by atomic mass is 35.5. The molecule has 1 fully saturated rings. The molecule has 0 aromatic heterocycles. The highest BCUT2D eigenvalue weighted by Gasteiger charge is 2.32. The van der Waals surface area contributed by atoms with Gasteiger partial charge in [-0.2, -0.15) is 4.72 Å².